The summed E-state index contributed by atoms with van der Waals surface area (Å²) in [4.78, 5) is 0.249. The fraction of sp³-hybridized carbons (Fsp3) is 0.538. The Balaban J connectivity index is 1.90. The van der Waals surface area contributed by atoms with Crippen LogP contribution in [0.4, 0.5) is 0 Å². The van der Waals surface area contributed by atoms with Crippen LogP contribution in [0.25, 0.3) is 0 Å². The average molecular weight is 311 g/mol. The predicted octanol–water partition coefficient (Wildman–Crippen LogP) is 1.08. The summed E-state index contributed by atoms with van der Waals surface area (Å²) in [5, 5.41) is 8.41. The number of aromatic nitrogens is 4. The van der Waals surface area contributed by atoms with Crippen LogP contribution in [0.5, 0.6) is 0 Å². The lowest BCUT2D eigenvalue weighted by atomic mass is 10.4. The first-order valence-electron chi connectivity index (χ1n) is 6.96. The number of nitrogens with one attached hydrogen (secondary N) is 1. The van der Waals surface area contributed by atoms with E-state index in [1.54, 1.807) is 17.8 Å². The average Bonchev–Trinajstić information content (AvgIpc) is 3.01. The molecule has 0 bridgehead atoms. The second-order valence-corrected chi connectivity index (χ2v) is 6.64. The molecule has 0 amide bonds. The van der Waals surface area contributed by atoms with Crippen molar-refractivity contribution < 1.29 is 8.42 Å². The van der Waals surface area contributed by atoms with Crippen LogP contribution < -0.4 is 4.72 Å². The zero-order chi connectivity index (χ0) is 15.5. The summed E-state index contributed by atoms with van der Waals surface area (Å²) >= 11 is 0. The molecule has 2 aromatic heterocycles. The lowest BCUT2D eigenvalue weighted by Crippen LogP contribution is -2.26. The summed E-state index contributed by atoms with van der Waals surface area (Å²) in [6.07, 6.45) is 4.13. The summed E-state index contributed by atoms with van der Waals surface area (Å²) in [6.45, 7) is 7.25. The van der Waals surface area contributed by atoms with Crippen molar-refractivity contribution in [2.24, 2.45) is 0 Å². The van der Waals surface area contributed by atoms with Gasteiger partial charge in [-0.05, 0) is 33.3 Å². The molecule has 0 aliphatic carbocycles. The molecule has 0 radical (unpaired) electrons. The van der Waals surface area contributed by atoms with Gasteiger partial charge in [-0.2, -0.15) is 10.2 Å². The number of hydrogen-bond donors (Lipinski definition) is 1. The fourth-order valence-electron chi connectivity index (χ4n) is 2.04. The smallest absolute Gasteiger partial charge is 0.243 e. The highest BCUT2D eigenvalue weighted by molar-refractivity contribution is 7.89. The van der Waals surface area contributed by atoms with Crippen molar-refractivity contribution in [2.45, 2.75) is 45.2 Å². The number of nitrogens with zero attached hydrogens (tertiary/aromatic N) is 4. The lowest BCUT2D eigenvalue weighted by molar-refractivity contribution is 0.551. The second-order valence-electron chi connectivity index (χ2n) is 4.91. The molecule has 0 aromatic carbocycles. The van der Waals surface area contributed by atoms with E-state index in [2.05, 4.69) is 14.9 Å². The van der Waals surface area contributed by atoms with E-state index in [9.17, 15) is 8.42 Å². The van der Waals surface area contributed by atoms with E-state index in [-0.39, 0.29) is 4.90 Å². The first-order chi connectivity index (χ1) is 9.92. The highest BCUT2D eigenvalue weighted by Gasteiger charge is 2.19. The van der Waals surface area contributed by atoms with Gasteiger partial charge in [0.2, 0.25) is 10.0 Å². The van der Waals surface area contributed by atoms with E-state index in [0.717, 1.165) is 5.69 Å². The van der Waals surface area contributed by atoms with Gasteiger partial charge in [0.05, 0.1) is 11.4 Å². The van der Waals surface area contributed by atoms with Crippen molar-refractivity contribution in [1.82, 2.24) is 24.3 Å². The Morgan fingerprint density at radius 3 is 2.57 bits per heavy atom. The largest absolute Gasteiger partial charge is 0.272 e. The first kappa shape index (κ1) is 15.7. The molecule has 7 nitrogen and oxygen atoms in total. The Morgan fingerprint density at radius 2 is 2.00 bits per heavy atom. The molecule has 116 valence electrons. The van der Waals surface area contributed by atoms with Crippen molar-refractivity contribution in [3.63, 3.8) is 0 Å². The van der Waals surface area contributed by atoms with Crippen LogP contribution >= 0.6 is 0 Å². The van der Waals surface area contributed by atoms with Gasteiger partial charge in [0.25, 0.3) is 0 Å². The Kier molecular flexibility index (Phi) is 4.79. The highest BCUT2D eigenvalue weighted by atomic mass is 32.2. The van der Waals surface area contributed by atoms with Gasteiger partial charge in [0.15, 0.2) is 0 Å². The third-order valence-electron chi connectivity index (χ3n) is 3.14. The SMILES string of the molecule is CCn1cc(S(=O)(=O)NCCCn2ccc(C)n2)c(C)n1. The van der Waals surface area contributed by atoms with E-state index in [1.807, 2.05) is 30.8 Å². The third kappa shape index (κ3) is 3.92. The molecule has 0 aliphatic rings. The molecule has 0 saturated carbocycles. The van der Waals surface area contributed by atoms with Gasteiger partial charge in [-0.15, -0.1) is 0 Å². The maximum atomic E-state index is 12.2. The van der Waals surface area contributed by atoms with Crippen molar-refractivity contribution in [2.75, 3.05) is 6.54 Å². The number of sulfonamides is 1. The Morgan fingerprint density at radius 1 is 1.24 bits per heavy atom. The minimum atomic E-state index is -3.49. The summed E-state index contributed by atoms with van der Waals surface area (Å²) in [5.74, 6) is 0. The van der Waals surface area contributed by atoms with Crippen LogP contribution in [0.2, 0.25) is 0 Å². The Labute approximate surface area is 125 Å². The van der Waals surface area contributed by atoms with Gasteiger partial charge >= 0.3 is 0 Å². The Bertz CT molecular complexity index is 702. The summed E-state index contributed by atoms with van der Waals surface area (Å²) in [7, 11) is -3.49. The molecule has 0 fully saturated rings. The molecule has 21 heavy (non-hydrogen) atoms. The lowest BCUT2D eigenvalue weighted by Gasteiger charge is -2.05. The van der Waals surface area contributed by atoms with Crippen molar-refractivity contribution in [3.05, 3.63) is 29.8 Å². The molecule has 2 rings (SSSR count). The standard InChI is InChI=1S/C13H21N5O2S/c1-4-17-10-13(12(3)16-17)21(19,20)14-7-5-8-18-9-6-11(2)15-18/h6,9-10,14H,4-5,7-8H2,1-3H3. The maximum Gasteiger partial charge on any atom is 0.243 e. The van der Waals surface area contributed by atoms with Crippen LogP contribution in [0.1, 0.15) is 24.7 Å². The molecule has 0 aliphatic heterocycles. The van der Waals surface area contributed by atoms with Gasteiger partial charge in [0, 0.05) is 32.0 Å². The minimum absolute atomic E-state index is 0.249. The van der Waals surface area contributed by atoms with E-state index in [1.165, 1.54) is 0 Å². The molecule has 0 saturated heterocycles. The molecule has 8 heteroatoms. The van der Waals surface area contributed by atoms with Crippen LogP contribution in [0, 0.1) is 13.8 Å². The number of aryl methyl sites for hydroxylation is 4. The molecule has 0 unspecified atom stereocenters. The fourth-order valence-corrected chi connectivity index (χ4v) is 3.30. The number of rotatable bonds is 7. The van der Waals surface area contributed by atoms with Gasteiger partial charge in [-0.1, -0.05) is 0 Å². The van der Waals surface area contributed by atoms with Crippen LogP contribution in [0.15, 0.2) is 23.4 Å². The number of hydrogen-bond acceptors (Lipinski definition) is 4. The molecular formula is C13H21N5O2S. The molecule has 2 heterocycles. The highest BCUT2D eigenvalue weighted by Crippen LogP contribution is 2.12. The molecule has 1 N–H and O–H groups in total. The van der Waals surface area contributed by atoms with Crippen molar-refractivity contribution in [3.8, 4) is 0 Å². The van der Waals surface area contributed by atoms with E-state index in [0.29, 0.717) is 31.7 Å². The second kappa shape index (κ2) is 6.40. The summed E-state index contributed by atoms with van der Waals surface area (Å²) in [6, 6.07) is 1.92. The van der Waals surface area contributed by atoms with Gasteiger partial charge in [-0.3, -0.25) is 9.36 Å². The molecule has 0 atom stereocenters. The zero-order valence-corrected chi connectivity index (χ0v) is 13.4. The van der Waals surface area contributed by atoms with Gasteiger partial charge in [0.1, 0.15) is 4.90 Å². The normalized spacial score (nSPS) is 12.0. The van der Waals surface area contributed by atoms with Crippen molar-refractivity contribution in [1.29, 1.82) is 0 Å². The summed E-state index contributed by atoms with van der Waals surface area (Å²) in [5.41, 5.74) is 1.48. The zero-order valence-electron chi connectivity index (χ0n) is 12.6. The van der Waals surface area contributed by atoms with E-state index >= 15 is 0 Å². The van der Waals surface area contributed by atoms with Crippen molar-refractivity contribution >= 4 is 10.0 Å². The maximum absolute atomic E-state index is 12.2. The topological polar surface area (TPSA) is 81.8 Å². The monoisotopic (exact) mass is 311 g/mol. The minimum Gasteiger partial charge on any atom is -0.272 e. The quantitative estimate of drug-likeness (QED) is 0.776. The van der Waals surface area contributed by atoms with Crippen LogP contribution in [-0.4, -0.2) is 34.5 Å². The third-order valence-corrected chi connectivity index (χ3v) is 4.71. The van der Waals surface area contributed by atoms with E-state index in [4.69, 9.17) is 0 Å². The predicted molar refractivity (Wildman–Crippen MR) is 79.4 cm³/mol. The van der Waals surface area contributed by atoms with Gasteiger partial charge in [-0.25, -0.2) is 13.1 Å². The van der Waals surface area contributed by atoms with Crippen LogP contribution in [0.3, 0.4) is 0 Å². The van der Waals surface area contributed by atoms with E-state index < -0.39 is 10.0 Å². The Hall–Kier alpha value is -1.67. The summed E-state index contributed by atoms with van der Waals surface area (Å²) < 4.78 is 30.5. The molecule has 2 aromatic rings. The van der Waals surface area contributed by atoms with Gasteiger partial charge < -0.3 is 0 Å². The molecular weight excluding hydrogens is 290 g/mol. The van der Waals surface area contributed by atoms with Crippen LogP contribution in [-0.2, 0) is 23.1 Å². The molecule has 0 spiro atoms. The first-order valence-corrected chi connectivity index (χ1v) is 8.44.